The van der Waals surface area contributed by atoms with Crippen molar-refractivity contribution in [2.75, 3.05) is 46.4 Å². The third kappa shape index (κ3) is 15.8. The van der Waals surface area contributed by atoms with Gasteiger partial charge in [-0.15, -0.1) is 0 Å². The van der Waals surface area contributed by atoms with Gasteiger partial charge in [-0.05, 0) is 71.2 Å². The van der Waals surface area contributed by atoms with Gasteiger partial charge in [0.15, 0.2) is 0 Å². The van der Waals surface area contributed by atoms with Crippen LogP contribution in [0, 0.1) is 5.92 Å². The van der Waals surface area contributed by atoms with Crippen molar-refractivity contribution >= 4 is 0 Å². The average molecular weight is 272 g/mol. The van der Waals surface area contributed by atoms with E-state index in [1.807, 2.05) is 0 Å². The molecule has 0 spiro atoms. The standard InChI is InChI=1S/C16H36N2O/c1-5-18(4)13-7-6-11-17-12-9-15-19-14-8-10-16(2)3/h16-17H,5-15H2,1-4H3. The third-order valence-corrected chi connectivity index (χ3v) is 3.40. The Hall–Kier alpha value is -0.120. The minimum atomic E-state index is 0.803. The Labute approximate surface area is 121 Å². The molecule has 0 fully saturated rings. The molecular formula is C16H36N2O. The smallest absolute Gasteiger partial charge is 0.0478 e. The number of ether oxygens (including phenoxy) is 1. The first-order chi connectivity index (χ1) is 9.16. The molecule has 0 aromatic rings. The number of nitrogens with one attached hydrogen (secondary N) is 1. The van der Waals surface area contributed by atoms with E-state index in [0.29, 0.717) is 0 Å². The molecule has 0 saturated carbocycles. The fourth-order valence-electron chi connectivity index (χ4n) is 1.91. The van der Waals surface area contributed by atoms with E-state index in [0.717, 1.165) is 45.2 Å². The number of hydrogen-bond donors (Lipinski definition) is 1. The SMILES string of the molecule is CCN(C)CCCCNCCCOCCCC(C)C. The van der Waals surface area contributed by atoms with Crippen molar-refractivity contribution in [2.24, 2.45) is 5.92 Å². The molecule has 0 aliphatic heterocycles. The van der Waals surface area contributed by atoms with Crippen molar-refractivity contribution in [2.45, 2.75) is 52.9 Å². The molecular weight excluding hydrogens is 236 g/mol. The van der Waals surface area contributed by atoms with Crippen LogP contribution in [0.2, 0.25) is 0 Å². The lowest BCUT2D eigenvalue weighted by molar-refractivity contribution is 0.125. The van der Waals surface area contributed by atoms with Gasteiger partial charge in [-0.25, -0.2) is 0 Å². The Morgan fingerprint density at radius 2 is 1.68 bits per heavy atom. The van der Waals surface area contributed by atoms with Gasteiger partial charge in [0, 0.05) is 13.2 Å². The van der Waals surface area contributed by atoms with Gasteiger partial charge in [0.05, 0.1) is 0 Å². The van der Waals surface area contributed by atoms with Crippen LogP contribution in [-0.4, -0.2) is 51.3 Å². The summed E-state index contributed by atoms with van der Waals surface area (Å²) in [5, 5.41) is 3.49. The maximum atomic E-state index is 5.61. The number of hydrogen-bond acceptors (Lipinski definition) is 3. The highest BCUT2D eigenvalue weighted by Crippen LogP contribution is 2.03. The lowest BCUT2D eigenvalue weighted by atomic mass is 10.1. The first-order valence-electron chi connectivity index (χ1n) is 8.13. The van der Waals surface area contributed by atoms with Gasteiger partial charge < -0.3 is 15.0 Å². The monoisotopic (exact) mass is 272 g/mol. The van der Waals surface area contributed by atoms with Crippen molar-refractivity contribution in [3.8, 4) is 0 Å². The quantitative estimate of drug-likeness (QED) is 0.492. The molecule has 0 aromatic heterocycles. The van der Waals surface area contributed by atoms with Crippen molar-refractivity contribution in [1.82, 2.24) is 10.2 Å². The normalized spacial score (nSPS) is 11.7. The fourth-order valence-corrected chi connectivity index (χ4v) is 1.91. The lowest BCUT2D eigenvalue weighted by Gasteiger charge is -2.13. The van der Waals surface area contributed by atoms with E-state index in [-0.39, 0.29) is 0 Å². The second kappa shape index (κ2) is 14.3. The Morgan fingerprint density at radius 3 is 2.37 bits per heavy atom. The fraction of sp³-hybridized carbons (Fsp3) is 1.00. The van der Waals surface area contributed by atoms with Gasteiger partial charge in [0.25, 0.3) is 0 Å². The van der Waals surface area contributed by atoms with Gasteiger partial charge in [-0.2, -0.15) is 0 Å². The van der Waals surface area contributed by atoms with Crippen LogP contribution < -0.4 is 5.32 Å². The summed E-state index contributed by atoms with van der Waals surface area (Å²) >= 11 is 0. The van der Waals surface area contributed by atoms with Crippen molar-refractivity contribution in [3.63, 3.8) is 0 Å². The molecule has 0 heterocycles. The minimum Gasteiger partial charge on any atom is -0.381 e. The molecule has 19 heavy (non-hydrogen) atoms. The molecule has 0 aliphatic rings. The molecule has 3 nitrogen and oxygen atoms in total. The zero-order valence-corrected chi connectivity index (χ0v) is 13.7. The Morgan fingerprint density at radius 1 is 1.00 bits per heavy atom. The molecule has 1 N–H and O–H groups in total. The highest BCUT2D eigenvalue weighted by Gasteiger charge is 1.95. The summed E-state index contributed by atoms with van der Waals surface area (Å²) in [6.07, 6.45) is 6.19. The molecule has 0 amide bonds. The van der Waals surface area contributed by atoms with Gasteiger partial charge in [0.1, 0.15) is 0 Å². The van der Waals surface area contributed by atoms with E-state index in [4.69, 9.17) is 4.74 Å². The predicted octanol–water partition coefficient (Wildman–Crippen LogP) is 3.15. The molecule has 3 heteroatoms. The van der Waals surface area contributed by atoms with Crippen LogP contribution in [0.15, 0.2) is 0 Å². The molecule has 116 valence electrons. The lowest BCUT2D eigenvalue weighted by Crippen LogP contribution is -2.22. The second-order valence-corrected chi connectivity index (χ2v) is 5.86. The highest BCUT2D eigenvalue weighted by molar-refractivity contribution is 4.52. The van der Waals surface area contributed by atoms with Crippen LogP contribution in [-0.2, 0) is 4.74 Å². The van der Waals surface area contributed by atoms with Crippen LogP contribution in [0.3, 0.4) is 0 Å². The van der Waals surface area contributed by atoms with E-state index in [2.05, 4.69) is 38.0 Å². The van der Waals surface area contributed by atoms with Gasteiger partial charge >= 0.3 is 0 Å². The first-order valence-corrected chi connectivity index (χ1v) is 8.13. The van der Waals surface area contributed by atoms with E-state index in [1.165, 1.54) is 32.2 Å². The first kappa shape index (κ1) is 18.9. The molecule has 0 atom stereocenters. The average Bonchev–Trinajstić information content (AvgIpc) is 2.39. The maximum Gasteiger partial charge on any atom is 0.0478 e. The Balaban J connectivity index is 2.99. The molecule has 0 unspecified atom stereocenters. The summed E-state index contributed by atoms with van der Waals surface area (Å²) in [5.74, 6) is 0.803. The van der Waals surface area contributed by atoms with Crippen LogP contribution in [0.25, 0.3) is 0 Å². The van der Waals surface area contributed by atoms with Crippen molar-refractivity contribution < 1.29 is 4.74 Å². The summed E-state index contributed by atoms with van der Waals surface area (Å²) in [6.45, 7) is 13.2. The topological polar surface area (TPSA) is 24.5 Å². The zero-order valence-electron chi connectivity index (χ0n) is 13.7. The summed E-state index contributed by atoms with van der Waals surface area (Å²) in [4.78, 5) is 2.37. The number of unbranched alkanes of at least 4 members (excludes halogenated alkanes) is 1. The molecule has 0 rings (SSSR count). The predicted molar refractivity (Wildman–Crippen MR) is 84.8 cm³/mol. The summed E-state index contributed by atoms with van der Waals surface area (Å²) in [5.41, 5.74) is 0. The van der Waals surface area contributed by atoms with Crippen molar-refractivity contribution in [1.29, 1.82) is 0 Å². The zero-order chi connectivity index (χ0) is 14.3. The summed E-state index contributed by atoms with van der Waals surface area (Å²) < 4.78 is 5.61. The Bertz CT molecular complexity index is 174. The largest absolute Gasteiger partial charge is 0.381 e. The highest BCUT2D eigenvalue weighted by atomic mass is 16.5. The minimum absolute atomic E-state index is 0.803. The molecule has 0 saturated heterocycles. The molecule has 0 aromatic carbocycles. The van der Waals surface area contributed by atoms with Crippen LogP contribution in [0.5, 0.6) is 0 Å². The van der Waals surface area contributed by atoms with E-state index in [9.17, 15) is 0 Å². The Kier molecular flexibility index (Phi) is 14.2. The van der Waals surface area contributed by atoms with E-state index < -0.39 is 0 Å². The van der Waals surface area contributed by atoms with Gasteiger partial charge in [0.2, 0.25) is 0 Å². The van der Waals surface area contributed by atoms with Gasteiger partial charge in [-0.3, -0.25) is 0 Å². The third-order valence-electron chi connectivity index (χ3n) is 3.40. The molecule has 0 bridgehead atoms. The summed E-state index contributed by atoms with van der Waals surface area (Å²) in [7, 11) is 2.18. The molecule has 0 aliphatic carbocycles. The van der Waals surface area contributed by atoms with Crippen LogP contribution in [0.4, 0.5) is 0 Å². The molecule has 0 radical (unpaired) electrons. The van der Waals surface area contributed by atoms with E-state index >= 15 is 0 Å². The van der Waals surface area contributed by atoms with E-state index in [1.54, 1.807) is 0 Å². The number of nitrogens with zero attached hydrogens (tertiary/aromatic N) is 1. The second-order valence-electron chi connectivity index (χ2n) is 5.86. The van der Waals surface area contributed by atoms with Crippen LogP contribution >= 0.6 is 0 Å². The number of rotatable bonds is 14. The van der Waals surface area contributed by atoms with Crippen molar-refractivity contribution in [3.05, 3.63) is 0 Å². The maximum absolute atomic E-state index is 5.61. The van der Waals surface area contributed by atoms with Gasteiger partial charge in [-0.1, -0.05) is 20.8 Å². The van der Waals surface area contributed by atoms with Crippen LogP contribution in [0.1, 0.15) is 52.9 Å². The summed E-state index contributed by atoms with van der Waals surface area (Å²) in [6, 6.07) is 0.